The van der Waals surface area contributed by atoms with Gasteiger partial charge in [0.1, 0.15) is 0 Å². The number of methoxy groups -OCH3 is 2. The van der Waals surface area contributed by atoms with Crippen molar-refractivity contribution in [2.75, 3.05) is 40.4 Å². The van der Waals surface area contributed by atoms with Crippen molar-refractivity contribution in [1.29, 1.82) is 0 Å². The Balaban J connectivity index is 0.00000342. The summed E-state index contributed by atoms with van der Waals surface area (Å²) < 4.78 is 10.9. The van der Waals surface area contributed by atoms with Crippen LogP contribution in [0.1, 0.15) is 40.2 Å². The van der Waals surface area contributed by atoms with Gasteiger partial charge < -0.3 is 30.1 Å². The Morgan fingerprint density at radius 3 is 2.29 bits per heavy atom. The van der Waals surface area contributed by atoms with Gasteiger partial charge >= 0.3 is 6.09 Å². The number of hydrogen-bond donors (Lipinski definition) is 3. The molecule has 2 amide bonds. The van der Waals surface area contributed by atoms with E-state index in [1.165, 1.54) is 22.3 Å². The average Bonchev–Trinajstić information content (AvgIpc) is 3.04. The molecule has 1 heterocycles. The highest BCUT2D eigenvalue weighted by Gasteiger charge is 2.26. The van der Waals surface area contributed by atoms with Gasteiger partial charge in [-0.05, 0) is 59.2 Å². The molecule has 3 N–H and O–H groups in total. The van der Waals surface area contributed by atoms with E-state index in [1.54, 1.807) is 14.2 Å². The molecule has 2 aromatic rings. The van der Waals surface area contributed by atoms with E-state index in [2.05, 4.69) is 22.8 Å². The molecule has 4 rings (SSSR count). The highest BCUT2D eigenvalue weighted by Crippen LogP contribution is 2.35. The smallest absolute Gasteiger partial charge is 0.404 e. The summed E-state index contributed by atoms with van der Waals surface area (Å²) in [5.74, 6) is 2.05. The molecule has 0 bridgehead atoms. The number of rotatable bonds is 9. The summed E-state index contributed by atoms with van der Waals surface area (Å²) >= 11 is 0. The van der Waals surface area contributed by atoms with Crippen molar-refractivity contribution >= 4 is 24.4 Å². The molecule has 1 aliphatic heterocycles. The third-order valence-electron chi connectivity index (χ3n) is 6.83. The van der Waals surface area contributed by atoms with Crippen LogP contribution in [0.5, 0.6) is 11.5 Å². The highest BCUT2D eigenvalue weighted by molar-refractivity contribution is 5.85. The quantitative estimate of drug-likeness (QED) is 0.455. The maximum atomic E-state index is 12.8. The van der Waals surface area contributed by atoms with E-state index in [9.17, 15) is 9.59 Å². The van der Waals surface area contributed by atoms with Gasteiger partial charge in [0.25, 0.3) is 0 Å². The number of carbonyl (C=O) groups excluding carboxylic acids is 1. The number of amides is 2. The molecule has 0 radical (unpaired) electrons. The number of carbonyl (C=O) groups is 2. The molecule has 1 unspecified atom stereocenters. The summed E-state index contributed by atoms with van der Waals surface area (Å²) in [6.07, 6.45) is 2.10. The van der Waals surface area contributed by atoms with Crippen LogP contribution in [0.25, 0.3) is 0 Å². The van der Waals surface area contributed by atoms with E-state index in [0.717, 1.165) is 42.9 Å². The molecule has 190 valence electrons. The number of benzene rings is 2. The number of nitrogens with zero attached hydrogens (tertiary/aromatic N) is 1. The third kappa shape index (κ3) is 6.38. The Morgan fingerprint density at radius 2 is 1.69 bits per heavy atom. The van der Waals surface area contributed by atoms with Crippen LogP contribution in [-0.4, -0.2) is 62.4 Å². The molecule has 0 spiro atoms. The molecule has 8 nitrogen and oxygen atoms in total. The van der Waals surface area contributed by atoms with Crippen molar-refractivity contribution < 1.29 is 24.2 Å². The van der Waals surface area contributed by atoms with Crippen LogP contribution in [0, 0.1) is 0 Å². The third-order valence-corrected chi connectivity index (χ3v) is 6.83. The van der Waals surface area contributed by atoms with Crippen LogP contribution in [0.2, 0.25) is 0 Å². The van der Waals surface area contributed by atoms with Crippen molar-refractivity contribution in [2.45, 2.75) is 38.1 Å². The first-order valence-corrected chi connectivity index (χ1v) is 11.8. The second kappa shape index (κ2) is 12.1. The number of hydrogen-bond acceptors (Lipinski definition) is 5. The van der Waals surface area contributed by atoms with Crippen molar-refractivity contribution in [3.8, 4) is 11.5 Å². The Kier molecular flexibility index (Phi) is 9.23. The molecule has 2 aliphatic rings. The molecule has 9 heteroatoms. The summed E-state index contributed by atoms with van der Waals surface area (Å²) in [5, 5.41) is 14.6. The van der Waals surface area contributed by atoms with E-state index in [0.29, 0.717) is 38.5 Å². The SMILES string of the molecule is COc1cc2c(cc1OC)CCN(C(=O)CCNCC1Cc3ccc(CNC(=O)O)cc31)CC2.Cl. The van der Waals surface area contributed by atoms with E-state index in [-0.39, 0.29) is 18.3 Å². The number of carboxylic acid groups (broad SMARTS) is 1. The molecule has 1 atom stereocenters. The predicted molar refractivity (Wildman–Crippen MR) is 136 cm³/mol. The van der Waals surface area contributed by atoms with Crippen molar-refractivity contribution in [2.24, 2.45) is 0 Å². The lowest BCUT2D eigenvalue weighted by Crippen LogP contribution is -2.36. The lowest BCUT2D eigenvalue weighted by atomic mass is 9.76. The number of ether oxygens (including phenoxy) is 2. The van der Waals surface area contributed by atoms with Gasteiger partial charge in [0.05, 0.1) is 14.2 Å². The van der Waals surface area contributed by atoms with E-state index in [4.69, 9.17) is 14.6 Å². The fourth-order valence-electron chi connectivity index (χ4n) is 4.85. The highest BCUT2D eigenvalue weighted by atomic mass is 35.5. The first-order chi connectivity index (χ1) is 16.5. The predicted octanol–water partition coefficient (Wildman–Crippen LogP) is 3.14. The van der Waals surface area contributed by atoms with E-state index in [1.807, 2.05) is 23.1 Å². The Morgan fingerprint density at radius 1 is 1.03 bits per heavy atom. The molecule has 35 heavy (non-hydrogen) atoms. The van der Waals surface area contributed by atoms with Gasteiger partial charge in [0, 0.05) is 45.1 Å². The van der Waals surface area contributed by atoms with Gasteiger partial charge in [-0.3, -0.25) is 4.79 Å². The summed E-state index contributed by atoms with van der Waals surface area (Å²) in [6.45, 7) is 3.21. The fraction of sp³-hybridized carbons (Fsp3) is 0.462. The first kappa shape index (κ1) is 26.6. The molecular weight excluding hydrogens is 470 g/mol. The van der Waals surface area contributed by atoms with Crippen LogP contribution in [0.4, 0.5) is 4.79 Å². The van der Waals surface area contributed by atoms with Gasteiger partial charge in [-0.1, -0.05) is 18.2 Å². The second-order valence-corrected chi connectivity index (χ2v) is 8.90. The zero-order valence-electron chi connectivity index (χ0n) is 20.3. The van der Waals surface area contributed by atoms with Gasteiger partial charge in [0.15, 0.2) is 11.5 Å². The largest absolute Gasteiger partial charge is 0.493 e. The Labute approximate surface area is 212 Å². The fourth-order valence-corrected chi connectivity index (χ4v) is 4.85. The second-order valence-electron chi connectivity index (χ2n) is 8.90. The standard InChI is InChI=1S/C26H33N3O5.ClH/c1-33-23-13-18-6-9-29(10-7-19(18)14-24(23)34-2)25(30)5-8-27-16-21-12-20-4-3-17(11-22(20)21)15-28-26(31)32;/h3-4,11,13-14,21,27-28H,5-10,12,15-16H2,1-2H3,(H,31,32);1H. The lowest BCUT2D eigenvalue weighted by molar-refractivity contribution is -0.131. The van der Waals surface area contributed by atoms with Crippen LogP contribution in [0.15, 0.2) is 30.3 Å². The summed E-state index contributed by atoms with van der Waals surface area (Å²) in [4.78, 5) is 25.5. The first-order valence-electron chi connectivity index (χ1n) is 11.8. The summed E-state index contributed by atoms with van der Waals surface area (Å²) in [7, 11) is 3.28. The van der Waals surface area contributed by atoms with Gasteiger partial charge in [0.2, 0.25) is 5.91 Å². The number of fused-ring (bicyclic) bond motifs is 2. The van der Waals surface area contributed by atoms with Crippen LogP contribution >= 0.6 is 12.4 Å². The molecule has 0 fully saturated rings. The molecule has 0 saturated carbocycles. The van der Waals surface area contributed by atoms with Crippen LogP contribution in [0.3, 0.4) is 0 Å². The molecule has 0 aromatic heterocycles. The number of halogens is 1. The van der Waals surface area contributed by atoms with Crippen molar-refractivity contribution in [3.63, 3.8) is 0 Å². The minimum atomic E-state index is -1.02. The summed E-state index contributed by atoms with van der Waals surface area (Å²) in [5.41, 5.74) is 6.00. The van der Waals surface area contributed by atoms with E-state index >= 15 is 0 Å². The van der Waals surface area contributed by atoms with Crippen LogP contribution in [-0.2, 0) is 30.6 Å². The minimum absolute atomic E-state index is 0. The summed E-state index contributed by atoms with van der Waals surface area (Å²) in [6, 6.07) is 10.2. The zero-order valence-corrected chi connectivity index (χ0v) is 21.1. The minimum Gasteiger partial charge on any atom is -0.493 e. The Bertz CT molecular complexity index is 1030. The molecule has 0 saturated heterocycles. The van der Waals surface area contributed by atoms with Gasteiger partial charge in [-0.2, -0.15) is 0 Å². The topological polar surface area (TPSA) is 100 Å². The van der Waals surface area contributed by atoms with Gasteiger partial charge in [-0.25, -0.2) is 4.79 Å². The molecule has 1 aliphatic carbocycles. The zero-order chi connectivity index (χ0) is 24.1. The van der Waals surface area contributed by atoms with Crippen molar-refractivity contribution in [1.82, 2.24) is 15.5 Å². The van der Waals surface area contributed by atoms with Crippen LogP contribution < -0.4 is 20.1 Å². The molecule has 2 aromatic carbocycles. The molecular formula is C26H34ClN3O5. The maximum absolute atomic E-state index is 12.8. The van der Waals surface area contributed by atoms with Crippen molar-refractivity contribution in [3.05, 3.63) is 58.1 Å². The normalized spacial score (nSPS) is 16.1. The maximum Gasteiger partial charge on any atom is 0.404 e. The lowest BCUT2D eigenvalue weighted by Gasteiger charge is -2.31. The van der Waals surface area contributed by atoms with Gasteiger partial charge in [-0.15, -0.1) is 12.4 Å². The monoisotopic (exact) mass is 503 g/mol. The Hall–Kier alpha value is -2.97. The average molecular weight is 504 g/mol. The van der Waals surface area contributed by atoms with E-state index < -0.39 is 6.09 Å². The number of nitrogens with one attached hydrogen (secondary N) is 2.